The molecule has 1 aromatic heterocycles. The van der Waals surface area contributed by atoms with Gasteiger partial charge in [0.15, 0.2) is 11.5 Å². The van der Waals surface area contributed by atoms with Gasteiger partial charge in [-0.2, -0.15) is 0 Å². The molecule has 0 saturated heterocycles. The van der Waals surface area contributed by atoms with E-state index < -0.39 is 0 Å². The van der Waals surface area contributed by atoms with Crippen LogP contribution in [-0.4, -0.2) is 25.3 Å². The normalized spacial score (nSPS) is 10.5. The Kier molecular flexibility index (Phi) is 3.27. The van der Waals surface area contributed by atoms with Crippen molar-refractivity contribution in [2.24, 2.45) is 0 Å². The van der Waals surface area contributed by atoms with Crippen LogP contribution in [0.1, 0.15) is 0 Å². The predicted molar refractivity (Wildman–Crippen MR) is 82.3 cm³/mol. The molecule has 0 fully saturated rings. The Hall–Kier alpha value is -3.28. The first kappa shape index (κ1) is 13.7. The van der Waals surface area contributed by atoms with Gasteiger partial charge in [-0.15, -0.1) is 0 Å². The van der Waals surface area contributed by atoms with Crippen LogP contribution in [0.5, 0.6) is 17.2 Å². The van der Waals surface area contributed by atoms with Crippen LogP contribution in [-0.2, 0) is 0 Å². The summed E-state index contributed by atoms with van der Waals surface area (Å²) in [5.41, 5.74) is 8.17. The number of nitrogen functional groups attached to an aromatic ring is 1. The Morgan fingerprint density at radius 2 is 1.50 bits per heavy atom. The fourth-order valence-electron chi connectivity index (χ4n) is 2.05. The van der Waals surface area contributed by atoms with Crippen LogP contribution in [0.25, 0.3) is 22.5 Å². The Labute approximate surface area is 126 Å². The second-order valence-corrected chi connectivity index (χ2v) is 4.74. The second kappa shape index (κ2) is 5.25. The van der Waals surface area contributed by atoms with Gasteiger partial charge in [0.2, 0.25) is 0 Å². The third-order valence-electron chi connectivity index (χ3n) is 3.21. The van der Waals surface area contributed by atoms with Crippen LogP contribution in [0.3, 0.4) is 0 Å². The molecule has 6 nitrogen and oxygen atoms in total. The smallest absolute Gasteiger partial charge is 0.158 e. The summed E-state index contributed by atoms with van der Waals surface area (Å²) in [5.74, 6) is -0.0273. The lowest BCUT2D eigenvalue weighted by Crippen LogP contribution is -1.98. The average Bonchev–Trinajstić information content (AvgIpc) is 2.52. The summed E-state index contributed by atoms with van der Waals surface area (Å²) in [6.45, 7) is 0. The van der Waals surface area contributed by atoms with E-state index in [1.54, 1.807) is 18.2 Å². The molecule has 0 saturated carbocycles. The molecule has 0 radical (unpaired) electrons. The van der Waals surface area contributed by atoms with Crippen LogP contribution < -0.4 is 5.73 Å². The van der Waals surface area contributed by atoms with Gasteiger partial charge in [-0.05, 0) is 42.5 Å². The lowest BCUT2D eigenvalue weighted by atomic mass is 10.1. The van der Waals surface area contributed by atoms with Gasteiger partial charge in [0.25, 0.3) is 0 Å². The van der Waals surface area contributed by atoms with Crippen LogP contribution in [0.4, 0.5) is 5.82 Å². The highest BCUT2D eigenvalue weighted by molar-refractivity contribution is 5.73. The molecule has 2 aromatic carbocycles. The van der Waals surface area contributed by atoms with E-state index in [1.807, 2.05) is 0 Å². The number of hydrogen-bond donors (Lipinski definition) is 4. The first-order chi connectivity index (χ1) is 10.5. The van der Waals surface area contributed by atoms with Crippen molar-refractivity contribution < 1.29 is 15.3 Å². The Morgan fingerprint density at radius 1 is 0.818 bits per heavy atom. The molecule has 0 aliphatic rings. The minimum Gasteiger partial charge on any atom is -0.508 e. The molecule has 0 amide bonds. The highest BCUT2D eigenvalue weighted by Crippen LogP contribution is 2.31. The minimum absolute atomic E-state index is 0.148. The minimum atomic E-state index is -0.234. The Morgan fingerprint density at radius 3 is 2.18 bits per heavy atom. The van der Waals surface area contributed by atoms with Gasteiger partial charge in [0.05, 0.1) is 11.9 Å². The fourth-order valence-corrected chi connectivity index (χ4v) is 2.05. The van der Waals surface area contributed by atoms with Crippen LogP contribution >= 0.6 is 0 Å². The summed E-state index contributed by atoms with van der Waals surface area (Å²) in [6, 6.07) is 10.8. The van der Waals surface area contributed by atoms with Crippen molar-refractivity contribution in [1.29, 1.82) is 0 Å². The molecule has 110 valence electrons. The molecule has 0 bridgehead atoms. The molecule has 0 aliphatic heterocycles. The zero-order chi connectivity index (χ0) is 15.7. The van der Waals surface area contributed by atoms with Gasteiger partial charge >= 0.3 is 0 Å². The third-order valence-corrected chi connectivity index (χ3v) is 3.21. The summed E-state index contributed by atoms with van der Waals surface area (Å²) in [6.07, 6.45) is 1.49. The number of benzene rings is 2. The largest absolute Gasteiger partial charge is 0.508 e. The van der Waals surface area contributed by atoms with Gasteiger partial charge in [0.1, 0.15) is 17.3 Å². The van der Waals surface area contributed by atoms with Crippen molar-refractivity contribution in [2.75, 3.05) is 5.73 Å². The molecule has 5 N–H and O–H groups in total. The first-order valence-corrected chi connectivity index (χ1v) is 6.49. The number of phenols is 3. The van der Waals surface area contributed by atoms with Gasteiger partial charge in [0, 0.05) is 11.1 Å². The van der Waals surface area contributed by atoms with Gasteiger partial charge < -0.3 is 21.1 Å². The van der Waals surface area contributed by atoms with Crippen LogP contribution in [0.2, 0.25) is 0 Å². The number of anilines is 1. The maximum Gasteiger partial charge on any atom is 0.158 e. The highest BCUT2D eigenvalue weighted by Gasteiger charge is 2.10. The van der Waals surface area contributed by atoms with E-state index in [4.69, 9.17) is 5.73 Å². The zero-order valence-electron chi connectivity index (χ0n) is 11.4. The molecule has 3 rings (SSSR count). The Bertz CT molecular complexity index is 833. The second-order valence-electron chi connectivity index (χ2n) is 4.74. The number of rotatable bonds is 2. The van der Waals surface area contributed by atoms with Crippen molar-refractivity contribution in [1.82, 2.24) is 9.97 Å². The SMILES string of the molecule is Nc1ncc(-c2ccc(O)c(O)c2)nc1-c1ccc(O)cc1. The molecule has 0 spiro atoms. The van der Waals surface area contributed by atoms with Gasteiger partial charge in [-0.25, -0.2) is 9.97 Å². The van der Waals surface area contributed by atoms with E-state index in [2.05, 4.69) is 9.97 Å². The number of nitrogens with two attached hydrogens (primary N) is 1. The summed E-state index contributed by atoms with van der Waals surface area (Å²) in [5, 5.41) is 28.3. The number of aromatic hydroxyl groups is 3. The summed E-state index contributed by atoms with van der Waals surface area (Å²) in [4.78, 5) is 8.57. The Balaban J connectivity index is 2.09. The molecule has 3 aromatic rings. The summed E-state index contributed by atoms with van der Waals surface area (Å²) in [7, 11) is 0. The van der Waals surface area contributed by atoms with Gasteiger partial charge in [-0.1, -0.05) is 0 Å². The standard InChI is InChI=1S/C16H13N3O3/c17-16-15(9-1-4-11(20)5-2-9)19-12(8-18-16)10-3-6-13(21)14(22)7-10/h1-8,20-22H,(H2,17,18). The molecule has 0 atom stereocenters. The fraction of sp³-hybridized carbons (Fsp3) is 0. The topological polar surface area (TPSA) is 112 Å². The highest BCUT2D eigenvalue weighted by atomic mass is 16.3. The van der Waals surface area contributed by atoms with E-state index in [9.17, 15) is 15.3 Å². The molecule has 0 aliphatic carbocycles. The maximum atomic E-state index is 9.58. The third kappa shape index (κ3) is 2.49. The van der Waals surface area contributed by atoms with E-state index >= 15 is 0 Å². The number of nitrogens with zero attached hydrogens (tertiary/aromatic N) is 2. The summed E-state index contributed by atoms with van der Waals surface area (Å²) >= 11 is 0. The lowest BCUT2D eigenvalue weighted by Gasteiger charge is -2.08. The average molecular weight is 295 g/mol. The number of hydrogen-bond acceptors (Lipinski definition) is 6. The maximum absolute atomic E-state index is 9.58. The molecule has 0 unspecified atom stereocenters. The van der Waals surface area contributed by atoms with E-state index in [0.717, 1.165) is 0 Å². The van der Waals surface area contributed by atoms with E-state index in [0.29, 0.717) is 22.5 Å². The molecular formula is C16H13N3O3. The van der Waals surface area contributed by atoms with Crippen LogP contribution in [0, 0.1) is 0 Å². The summed E-state index contributed by atoms with van der Waals surface area (Å²) < 4.78 is 0. The zero-order valence-corrected chi connectivity index (χ0v) is 11.4. The van der Waals surface area contributed by atoms with E-state index in [-0.39, 0.29) is 23.1 Å². The van der Waals surface area contributed by atoms with Crippen LogP contribution in [0.15, 0.2) is 48.7 Å². The first-order valence-electron chi connectivity index (χ1n) is 6.49. The monoisotopic (exact) mass is 295 g/mol. The number of phenolic OH excluding ortho intramolecular Hbond substituents is 3. The lowest BCUT2D eigenvalue weighted by molar-refractivity contribution is 0.404. The quantitative estimate of drug-likeness (QED) is 0.540. The van der Waals surface area contributed by atoms with Crippen molar-refractivity contribution in [3.05, 3.63) is 48.7 Å². The molecule has 6 heteroatoms. The van der Waals surface area contributed by atoms with Crippen molar-refractivity contribution >= 4 is 5.82 Å². The molecular weight excluding hydrogens is 282 g/mol. The predicted octanol–water partition coefficient (Wildman–Crippen LogP) is 2.51. The van der Waals surface area contributed by atoms with Gasteiger partial charge in [-0.3, -0.25) is 0 Å². The van der Waals surface area contributed by atoms with Crippen molar-refractivity contribution in [2.45, 2.75) is 0 Å². The van der Waals surface area contributed by atoms with E-state index in [1.165, 1.54) is 30.5 Å². The number of aromatic nitrogens is 2. The molecule has 22 heavy (non-hydrogen) atoms. The van der Waals surface area contributed by atoms with Crippen molar-refractivity contribution in [3.8, 4) is 39.8 Å². The van der Waals surface area contributed by atoms with Crippen molar-refractivity contribution in [3.63, 3.8) is 0 Å². The molecule has 1 heterocycles.